The van der Waals surface area contributed by atoms with E-state index in [-0.39, 0.29) is 29.1 Å². The highest BCUT2D eigenvalue weighted by atomic mass is 16.6. The van der Waals surface area contributed by atoms with Crippen LogP contribution in [-0.2, 0) is 19.1 Å². The Morgan fingerprint density at radius 2 is 1.62 bits per heavy atom. The zero-order valence-electron chi connectivity index (χ0n) is 24.0. The van der Waals surface area contributed by atoms with Crippen LogP contribution in [0.25, 0.3) is 0 Å². The fourth-order valence-corrected chi connectivity index (χ4v) is 6.41. The number of piperidine rings is 1. The van der Waals surface area contributed by atoms with Gasteiger partial charge in [0.15, 0.2) is 0 Å². The van der Waals surface area contributed by atoms with Crippen molar-refractivity contribution in [2.75, 3.05) is 6.54 Å². The highest BCUT2D eigenvalue weighted by Crippen LogP contribution is 2.65. The number of carbonyl (C=O) groups is 4. The van der Waals surface area contributed by atoms with Crippen molar-refractivity contribution in [2.45, 2.75) is 130 Å². The molecule has 3 fully saturated rings. The topological polar surface area (TPSA) is 105 Å². The van der Waals surface area contributed by atoms with Crippen LogP contribution in [0.4, 0.5) is 4.79 Å². The normalized spacial score (nSPS) is 32.8. The number of amides is 3. The minimum Gasteiger partial charge on any atom is -0.444 e. The van der Waals surface area contributed by atoms with E-state index in [1.54, 1.807) is 25.7 Å². The lowest BCUT2D eigenvalue weighted by Gasteiger charge is -2.39. The van der Waals surface area contributed by atoms with Crippen molar-refractivity contribution >= 4 is 24.2 Å². The molecule has 0 spiro atoms. The Hall–Kier alpha value is -2.12. The van der Waals surface area contributed by atoms with Gasteiger partial charge in [0.25, 0.3) is 0 Å². The quantitative estimate of drug-likeness (QED) is 0.519. The molecule has 0 bridgehead atoms. The van der Waals surface area contributed by atoms with E-state index >= 15 is 0 Å². The van der Waals surface area contributed by atoms with Crippen molar-refractivity contribution in [1.29, 1.82) is 0 Å². The van der Waals surface area contributed by atoms with Gasteiger partial charge in [-0.15, -0.1) is 0 Å². The Kier molecular flexibility index (Phi) is 9.01. The first-order valence-corrected chi connectivity index (χ1v) is 14.2. The minimum absolute atomic E-state index is 0.0381. The van der Waals surface area contributed by atoms with Crippen molar-refractivity contribution in [3.8, 4) is 0 Å². The fraction of sp³-hybridized carbons (Fsp3) is 0.862. The first kappa shape index (κ1) is 29.4. The van der Waals surface area contributed by atoms with Gasteiger partial charge in [-0.2, -0.15) is 0 Å². The smallest absolute Gasteiger partial charge is 0.408 e. The third-order valence-corrected chi connectivity index (χ3v) is 8.78. The van der Waals surface area contributed by atoms with Crippen LogP contribution in [0.2, 0.25) is 0 Å². The summed E-state index contributed by atoms with van der Waals surface area (Å²) in [6, 6.07) is -2.02. The van der Waals surface area contributed by atoms with E-state index < -0.39 is 35.2 Å². The molecule has 210 valence electrons. The maximum absolute atomic E-state index is 14.2. The molecule has 2 unspecified atom stereocenters. The molecule has 8 heteroatoms. The van der Waals surface area contributed by atoms with Crippen LogP contribution in [-0.4, -0.2) is 59.4 Å². The molecular formula is C29H49N3O5. The number of alkyl carbamates (subject to hydrolysis) is 1. The molecule has 2 aliphatic heterocycles. The second-order valence-corrected chi connectivity index (χ2v) is 13.7. The van der Waals surface area contributed by atoms with Crippen molar-refractivity contribution in [1.82, 2.24) is 15.5 Å². The lowest BCUT2D eigenvalue weighted by molar-refractivity contribution is -0.144. The summed E-state index contributed by atoms with van der Waals surface area (Å²) >= 11 is 0. The summed E-state index contributed by atoms with van der Waals surface area (Å²) in [5.74, 6) is -0.249. The molecule has 8 nitrogen and oxygen atoms in total. The third kappa shape index (κ3) is 7.05. The number of aldehydes is 1. The van der Waals surface area contributed by atoms with Gasteiger partial charge in [0.1, 0.15) is 24.0 Å². The second-order valence-electron chi connectivity index (χ2n) is 13.7. The van der Waals surface area contributed by atoms with Crippen LogP contribution in [0, 0.1) is 22.7 Å². The van der Waals surface area contributed by atoms with E-state index in [0.717, 1.165) is 57.7 Å². The predicted octanol–water partition coefficient (Wildman–Crippen LogP) is 4.60. The molecule has 2 saturated heterocycles. The summed E-state index contributed by atoms with van der Waals surface area (Å²) in [6.07, 6.45) is 8.90. The van der Waals surface area contributed by atoms with Crippen LogP contribution in [0.3, 0.4) is 0 Å². The summed E-state index contributed by atoms with van der Waals surface area (Å²) in [5.41, 5.74) is -1.27. The highest BCUT2D eigenvalue weighted by Gasteiger charge is 2.69. The lowest BCUT2D eigenvalue weighted by Crippen LogP contribution is -2.60. The molecule has 0 radical (unpaired) electrons. The summed E-state index contributed by atoms with van der Waals surface area (Å²) in [5, 5.41) is 5.83. The van der Waals surface area contributed by atoms with E-state index in [0.29, 0.717) is 13.0 Å². The first-order valence-electron chi connectivity index (χ1n) is 14.2. The predicted molar refractivity (Wildman–Crippen MR) is 143 cm³/mol. The van der Waals surface area contributed by atoms with E-state index in [2.05, 4.69) is 24.5 Å². The molecule has 0 aromatic rings. The molecule has 3 aliphatic rings. The highest BCUT2D eigenvalue weighted by molar-refractivity contribution is 5.94. The molecule has 37 heavy (non-hydrogen) atoms. The summed E-state index contributed by atoms with van der Waals surface area (Å²) in [7, 11) is 0. The Morgan fingerprint density at radius 1 is 1.03 bits per heavy atom. The zero-order chi connectivity index (χ0) is 27.6. The average molecular weight is 520 g/mol. The molecule has 2 N–H and O–H groups in total. The Morgan fingerprint density at radius 3 is 2.22 bits per heavy atom. The fourth-order valence-electron chi connectivity index (χ4n) is 6.41. The molecule has 2 heterocycles. The van der Waals surface area contributed by atoms with Crippen LogP contribution in [0.5, 0.6) is 0 Å². The van der Waals surface area contributed by atoms with E-state index in [9.17, 15) is 19.2 Å². The van der Waals surface area contributed by atoms with Gasteiger partial charge in [-0.1, -0.05) is 72.6 Å². The number of nitrogens with zero attached hydrogens (tertiary/aromatic N) is 1. The van der Waals surface area contributed by atoms with Crippen LogP contribution < -0.4 is 10.6 Å². The van der Waals surface area contributed by atoms with Gasteiger partial charge in [0, 0.05) is 6.54 Å². The number of rotatable bonds is 2. The number of ether oxygens (including phenoxy) is 1. The molecule has 1 saturated carbocycles. The molecule has 3 amide bonds. The summed E-state index contributed by atoms with van der Waals surface area (Å²) in [6.45, 7) is 14.2. The van der Waals surface area contributed by atoms with E-state index in [4.69, 9.17) is 4.74 Å². The van der Waals surface area contributed by atoms with Crippen molar-refractivity contribution in [3.05, 3.63) is 0 Å². The maximum atomic E-state index is 14.2. The van der Waals surface area contributed by atoms with Crippen LogP contribution in [0.15, 0.2) is 0 Å². The number of hydrogen-bond acceptors (Lipinski definition) is 5. The van der Waals surface area contributed by atoms with Gasteiger partial charge in [-0.3, -0.25) is 9.59 Å². The van der Waals surface area contributed by atoms with Crippen molar-refractivity contribution < 1.29 is 23.9 Å². The monoisotopic (exact) mass is 519 g/mol. The van der Waals surface area contributed by atoms with Gasteiger partial charge in [-0.25, -0.2) is 4.79 Å². The Balaban J connectivity index is 1.91. The van der Waals surface area contributed by atoms with E-state index in [1.165, 1.54) is 0 Å². The average Bonchev–Trinajstić information content (AvgIpc) is 3.12. The van der Waals surface area contributed by atoms with Crippen molar-refractivity contribution in [2.24, 2.45) is 22.7 Å². The molecule has 5 atom stereocenters. The number of hydrogen-bond donors (Lipinski definition) is 2. The molecule has 0 aromatic heterocycles. The van der Waals surface area contributed by atoms with Crippen LogP contribution in [0.1, 0.15) is 106 Å². The van der Waals surface area contributed by atoms with Gasteiger partial charge in [-0.05, 0) is 56.3 Å². The van der Waals surface area contributed by atoms with Crippen LogP contribution >= 0.6 is 0 Å². The van der Waals surface area contributed by atoms with Gasteiger partial charge < -0.3 is 25.1 Å². The standard InChI is InChI=1S/C29H49N3O5/c1-27(2,3)37-26(36)31-23-25(35)32-17-20-21(29(20,6)7)22(32)24(34)30-19(18-33)15-13-11-9-8-10-12-14-16-28(23,4)5/h18-23H,8-17H2,1-7H3,(H,30,34)(H,31,36)/t19-,20?,21-,22-,23?/m0/s1. The zero-order valence-corrected chi connectivity index (χ0v) is 24.0. The minimum atomic E-state index is -0.823. The Bertz CT molecular complexity index is 862. The maximum Gasteiger partial charge on any atom is 0.408 e. The molecular weight excluding hydrogens is 470 g/mol. The van der Waals surface area contributed by atoms with Crippen molar-refractivity contribution in [3.63, 3.8) is 0 Å². The van der Waals surface area contributed by atoms with Gasteiger partial charge in [0.05, 0.1) is 6.04 Å². The molecule has 0 aromatic carbocycles. The van der Waals surface area contributed by atoms with Gasteiger partial charge >= 0.3 is 6.09 Å². The molecule has 3 rings (SSSR count). The second kappa shape index (κ2) is 11.3. The number of fused-ring (bicyclic) bond motifs is 3. The SMILES string of the molecule is CC(C)(C)OC(=O)NC1C(=O)N2CC3[C@@H]([C@H]2C(=O)N[C@H](C=O)CCCCCCCCCC1(C)C)C3(C)C. The first-order chi connectivity index (χ1) is 17.2. The summed E-state index contributed by atoms with van der Waals surface area (Å²) in [4.78, 5) is 54.1. The number of nitrogens with one attached hydrogen (secondary N) is 2. The molecule has 1 aliphatic carbocycles. The largest absolute Gasteiger partial charge is 0.444 e. The van der Waals surface area contributed by atoms with E-state index in [1.807, 2.05) is 13.8 Å². The van der Waals surface area contributed by atoms with Gasteiger partial charge in [0.2, 0.25) is 11.8 Å². The third-order valence-electron chi connectivity index (χ3n) is 8.78. The Labute approximate surface area is 223 Å². The number of carbonyl (C=O) groups excluding carboxylic acids is 4. The summed E-state index contributed by atoms with van der Waals surface area (Å²) < 4.78 is 5.52. The lowest BCUT2D eigenvalue weighted by atomic mass is 9.78.